The fraction of sp³-hybridized carbons (Fsp3) is 0.938. The number of hydrogen-bond donors (Lipinski definition) is 0. The molecular weight excluding hydrogens is 236 g/mol. The third-order valence-corrected chi connectivity index (χ3v) is 5.26. The van der Waals surface area contributed by atoms with Crippen molar-refractivity contribution in [3.05, 3.63) is 0 Å². The molecule has 1 saturated carbocycles. The van der Waals surface area contributed by atoms with Gasteiger partial charge >= 0.3 is 0 Å². The molecule has 3 fully saturated rings. The second-order valence-corrected chi connectivity index (χ2v) is 6.74. The van der Waals surface area contributed by atoms with E-state index in [0.29, 0.717) is 17.6 Å². The van der Waals surface area contributed by atoms with Crippen LogP contribution in [0.25, 0.3) is 0 Å². The Hall–Kier alpha value is -0.410. The van der Waals surface area contributed by atoms with Crippen LogP contribution in [0.4, 0.5) is 0 Å². The van der Waals surface area contributed by atoms with Crippen molar-refractivity contribution in [1.29, 1.82) is 0 Å². The minimum Gasteiger partial charge on any atom is -0.303 e. The SMILES string of the molecule is O=C1[C@H](CN2CCCC2)CCC[C@H]1CN1CCCC1. The van der Waals surface area contributed by atoms with Gasteiger partial charge in [0.2, 0.25) is 0 Å². The summed E-state index contributed by atoms with van der Waals surface area (Å²) in [7, 11) is 0. The first-order valence-electron chi connectivity index (χ1n) is 8.31. The maximum absolute atomic E-state index is 12.6. The molecule has 0 amide bonds. The topological polar surface area (TPSA) is 23.6 Å². The van der Waals surface area contributed by atoms with E-state index in [1.54, 1.807) is 0 Å². The first kappa shape index (κ1) is 13.6. The zero-order valence-corrected chi connectivity index (χ0v) is 12.1. The highest BCUT2D eigenvalue weighted by atomic mass is 16.1. The van der Waals surface area contributed by atoms with E-state index in [2.05, 4.69) is 9.80 Å². The molecule has 2 heterocycles. The van der Waals surface area contributed by atoms with Crippen LogP contribution in [0.5, 0.6) is 0 Å². The van der Waals surface area contributed by atoms with Crippen LogP contribution in [0.15, 0.2) is 0 Å². The molecule has 0 N–H and O–H groups in total. The second kappa shape index (κ2) is 6.36. The van der Waals surface area contributed by atoms with Gasteiger partial charge < -0.3 is 9.80 Å². The van der Waals surface area contributed by atoms with Crippen molar-refractivity contribution in [2.24, 2.45) is 11.8 Å². The molecule has 0 aromatic carbocycles. The Morgan fingerprint density at radius 1 is 0.737 bits per heavy atom. The lowest BCUT2D eigenvalue weighted by Crippen LogP contribution is -2.41. The van der Waals surface area contributed by atoms with Crippen LogP contribution >= 0.6 is 0 Å². The van der Waals surface area contributed by atoms with Gasteiger partial charge in [-0.05, 0) is 64.7 Å². The molecule has 2 aliphatic heterocycles. The molecule has 0 aromatic heterocycles. The maximum Gasteiger partial charge on any atom is 0.141 e. The van der Waals surface area contributed by atoms with Gasteiger partial charge in [0.25, 0.3) is 0 Å². The van der Waals surface area contributed by atoms with Crippen LogP contribution in [0.1, 0.15) is 44.9 Å². The Bertz CT molecular complexity index is 278. The van der Waals surface area contributed by atoms with Crippen LogP contribution < -0.4 is 0 Å². The van der Waals surface area contributed by atoms with Gasteiger partial charge in [-0.3, -0.25) is 4.79 Å². The van der Waals surface area contributed by atoms with E-state index in [0.717, 1.165) is 25.9 Å². The number of hydrogen-bond acceptors (Lipinski definition) is 3. The molecule has 0 aromatic rings. The molecule has 1 aliphatic carbocycles. The number of Topliss-reactive ketones (excluding diaryl/α,β-unsaturated/α-hetero) is 1. The Kier molecular flexibility index (Phi) is 4.54. The molecule has 0 bridgehead atoms. The second-order valence-electron chi connectivity index (χ2n) is 6.74. The van der Waals surface area contributed by atoms with Gasteiger partial charge in [0.1, 0.15) is 5.78 Å². The van der Waals surface area contributed by atoms with E-state index < -0.39 is 0 Å². The lowest BCUT2D eigenvalue weighted by Gasteiger charge is -2.32. The lowest BCUT2D eigenvalue weighted by atomic mass is 9.79. The molecule has 2 saturated heterocycles. The molecule has 3 aliphatic rings. The van der Waals surface area contributed by atoms with E-state index >= 15 is 0 Å². The molecular formula is C16H28N2O. The minimum absolute atomic E-state index is 0.347. The fourth-order valence-electron chi connectivity index (χ4n) is 4.14. The quantitative estimate of drug-likeness (QED) is 0.777. The molecule has 2 atom stereocenters. The fourth-order valence-corrected chi connectivity index (χ4v) is 4.14. The van der Waals surface area contributed by atoms with Gasteiger partial charge in [-0.2, -0.15) is 0 Å². The van der Waals surface area contributed by atoms with Crippen molar-refractivity contribution in [3.8, 4) is 0 Å². The monoisotopic (exact) mass is 264 g/mol. The molecule has 0 unspecified atom stereocenters. The molecule has 3 nitrogen and oxygen atoms in total. The van der Waals surface area contributed by atoms with Crippen molar-refractivity contribution >= 4 is 5.78 Å². The Labute approximate surface area is 117 Å². The summed E-state index contributed by atoms with van der Waals surface area (Å²) < 4.78 is 0. The van der Waals surface area contributed by atoms with E-state index in [1.807, 2.05) is 0 Å². The summed E-state index contributed by atoms with van der Waals surface area (Å²) in [5, 5.41) is 0. The van der Waals surface area contributed by atoms with Gasteiger partial charge in [-0.1, -0.05) is 6.42 Å². The Morgan fingerprint density at radius 2 is 1.16 bits per heavy atom. The van der Waals surface area contributed by atoms with Crippen molar-refractivity contribution in [2.75, 3.05) is 39.3 Å². The maximum atomic E-state index is 12.6. The zero-order valence-electron chi connectivity index (χ0n) is 12.1. The van der Waals surface area contributed by atoms with Gasteiger partial charge in [-0.15, -0.1) is 0 Å². The van der Waals surface area contributed by atoms with Gasteiger partial charge in [0.05, 0.1) is 0 Å². The van der Waals surface area contributed by atoms with E-state index in [9.17, 15) is 4.79 Å². The third-order valence-electron chi connectivity index (χ3n) is 5.26. The van der Waals surface area contributed by atoms with Crippen molar-refractivity contribution in [3.63, 3.8) is 0 Å². The van der Waals surface area contributed by atoms with E-state index in [-0.39, 0.29) is 0 Å². The summed E-state index contributed by atoms with van der Waals surface area (Å²) in [5.74, 6) is 1.28. The number of nitrogens with zero attached hydrogens (tertiary/aromatic N) is 2. The zero-order chi connectivity index (χ0) is 13.1. The van der Waals surface area contributed by atoms with Crippen LogP contribution in [0, 0.1) is 11.8 Å². The van der Waals surface area contributed by atoms with Crippen molar-refractivity contribution in [2.45, 2.75) is 44.9 Å². The summed E-state index contributed by atoms with van der Waals surface area (Å²) in [5.41, 5.74) is 0. The highest BCUT2D eigenvalue weighted by Crippen LogP contribution is 2.28. The van der Waals surface area contributed by atoms with Gasteiger partial charge in [0.15, 0.2) is 0 Å². The number of carbonyl (C=O) groups is 1. The highest BCUT2D eigenvalue weighted by Gasteiger charge is 2.33. The molecule has 3 heteroatoms. The largest absolute Gasteiger partial charge is 0.303 e. The molecule has 3 rings (SSSR count). The summed E-state index contributed by atoms with van der Waals surface area (Å²) in [6.07, 6.45) is 8.88. The lowest BCUT2D eigenvalue weighted by molar-refractivity contribution is -0.130. The van der Waals surface area contributed by atoms with Gasteiger partial charge in [0, 0.05) is 24.9 Å². The average Bonchev–Trinajstić information content (AvgIpc) is 3.07. The predicted molar refractivity (Wildman–Crippen MR) is 77.2 cm³/mol. The number of ketones is 1. The standard InChI is InChI=1S/C16H28N2O/c19-16-14(12-17-8-1-2-9-17)6-5-7-15(16)13-18-10-3-4-11-18/h14-15H,1-13H2/t14-,15-/m0/s1. The van der Waals surface area contributed by atoms with E-state index in [4.69, 9.17) is 0 Å². The van der Waals surface area contributed by atoms with Crippen LogP contribution in [-0.4, -0.2) is 54.9 Å². The van der Waals surface area contributed by atoms with Gasteiger partial charge in [-0.25, -0.2) is 0 Å². The minimum atomic E-state index is 0.347. The smallest absolute Gasteiger partial charge is 0.141 e. The Morgan fingerprint density at radius 3 is 1.58 bits per heavy atom. The highest BCUT2D eigenvalue weighted by molar-refractivity contribution is 5.84. The Balaban J connectivity index is 1.52. The summed E-state index contributed by atoms with van der Waals surface area (Å²) in [6.45, 7) is 6.99. The number of carbonyl (C=O) groups excluding carboxylic acids is 1. The van der Waals surface area contributed by atoms with Crippen LogP contribution in [-0.2, 0) is 4.79 Å². The predicted octanol–water partition coefficient (Wildman–Crippen LogP) is 2.16. The summed E-state index contributed by atoms with van der Waals surface area (Å²) >= 11 is 0. The first-order valence-corrected chi connectivity index (χ1v) is 8.31. The molecule has 108 valence electrons. The average molecular weight is 264 g/mol. The molecule has 0 spiro atoms. The number of rotatable bonds is 4. The third kappa shape index (κ3) is 3.38. The van der Waals surface area contributed by atoms with Crippen molar-refractivity contribution in [1.82, 2.24) is 9.80 Å². The number of likely N-dealkylation sites (tertiary alicyclic amines) is 2. The molecule has 0 radical (unpaired) electrons. The summed E-state index contributed by atoms with van der Waals surface area (Å²) in [6, 6.07) is 0. The van der Waals surface area contributed by atoms with Crippen molar-refractivity contribution < 1.29 is 4.79 Å². The normalized spacial score (nSPS) is 34.2. The summed E-state index contributed by atoms with van der Waals surface area (Å²) in [4.78, 5) is 17.7. The van der Waals surface area contributed by atoms with Crippen LogP contribution in [0.3, 0.4) is 0 Å². The molecule has 19 heavy (non-hydrogen) atoms. The van der Waals surface area contributed by atoms with E-state index in [1.165, 1.54) is 58.3 Å². The van der Waals surface area contributed by atoms with Crippen LogP contribution in [0.2, 0.25) is 0 Å². The first-order chi connectivity index (χ1) is 9.33.